The maximum absolute atomic E-state index is 13.5. The molecule has 2 aromatic carbocycles. The van der Waals surface area contributed by atoms with Gasteiger partial charge in [-0.25, -0.2) is 8.78 Å². The summed E-state index contributed by atoms with van der Waals surface area (Å²) in [6.07, 6.45) is -1.49. The number of nitrogens with one attached hydrogen (secondary N) is 1. The van der Waals surface area contributed by atoms with E-state index in [-0.39, 0.29) is 17.0 Å². The van der Waals surface area contributed by atoms with Crippen LogP contribution < -0.4 is 5.32 Å². The molecule has 170 valence electrons. The molecule has 1 aliphatic carbocycles. The van der Waals surface area contributed by atoms with Gasteiger partial charge in [0.1, 0.15) is 11.6 Å². The van der Waals surface area contributed by atoms with Crippen molar-refractivity contribution >= 4 is 23.5 Å². The molecule has 0 heterocycles. The normalized spacial score (nSPS) is 19.0. The summed E-state index contributed by atoms with van der Waals surface area (Å²) in [5.41, 5.74) is -1.56. The number of alkyl halides is 3. The first-order chi connectivity index (χ1) is 15.0. The minimum Gasteiger partial charge on any atom is -0.469 e. The van der Waals surface area contributed by atoms with E-state index in [1.807, 2.05) is 0 Å². The third kappa shape index (κ3) is 5.09. The first-order valence-electron chi connectivity index (χ1n) is 9.40. The number of allylic oxidation sites excluding steroid dienone is 1. The topological polar surface area (TPSA) is 55.4 Å². The molecule has 1 amide bonds. The van der Waals surface area contributed by atoms with Crippen LogP contribution in [-0.4, -0.2) is 25.0 Å². The first-order valence-corrected chi connectivity index (χ1v) is 9.77. The molecule has 4 nitrogen and oxygen atoms in total. The summed E-state index contributed by atoms with van der Waals surface area (Å²) in [4.78, 5) is 24.8. The van der Waals surface area contributed by atoms with Gasteiger partial charge in [0.25, 0.3) is 5.91 Å². The van der Waals surface area contributed by atoms with Gasteiger partial charge < -0.3 is 10.1 Å². The SMILES string of the molecule is COC(=O)[C@H](c1ccc(F)cc1Cl)[C@H]1C=C[C@H](NC(=O)c2ccc(F)c(C(F)(F)F)c2)C1. The maximum Gasteiger partial charge on any atom is 0.419 e. The number of ether oxygens (including phenoxy) is 1. The molecule has 0 saturated carbocycles. The van der Waals surface area contributed by atoms with Crippen molar-refractivity contribution < 1.29 is 36.3 Å². The van der Waals surface area contributed by atoms with E-state index in [1.54, 1.807) is 12.2 Å². The molecular weight excluding hydrogens is 457 g/mol. The van der Waals surface area contributed by atoms with Gasteiger partial charge in [-0.2, -0.15) is 13.2 Å². The summed E-state index contributed by atoms with van der Waals surface area (Å²) < 4.78 is 70.4. The number of methoxy groups -OCH3 is 1. The zero-order valence-corrected chi connectivity index (χ0v) is 17.3. The minimum atomic E-state index is -4.94. The highest BCUT2D eigenvalue weighted by Crippen LogP contribution is 2.38. The van der Waals surface area contributed by atoms with Gasteiger partial charge in [0, 0.05) is 16.6 Å². The van der Waals surface area contributed by atoms with E-state index >= 15 is 0 Å². The van der Waals surface area contributed by atoms with Crippen LogP contribution in [-0.2, 0) is 15.7 Å². The molecule has 0 unspecified atom stereocenters. The molecule has 1 N–H and O–H groups in total. The van der Waals surface area contributed by atoms with Crippen molar-refractivity contribution in [3.63, 3.8) is 0 Å². The molecule has 0 saturated heterocycles. The Morgan fingerprint density at radius 2 is 1.84 bits per heavy atom. The standard InChI is InChI=1S/C22H17ClF5NO3/c1-32-21(31)19(15-6-4-13(24)10-17(15)23)11-2-5-14(8-11)29-20(30)12-3-7-18(25)16(9-12)22(26,27)28/h2-7,9-11,14,19H,8H2,1H3,(H,29,30)/t11-,14-,19-/m0/s1. The van der Waals surface area contributed by atoms with Gasteiger partial charge in [0.15, 0.2) is 0 Å². The number of hydrogen-bond acceptors (Lipinski definition) is 3. The Balaban J connectivity index is 1.76. The molecule has 1 aliphatic rings. The smallest absolute Gasteiger partial charge is 0.419 e. The summed E-state index contributed by atoms with van der Waals surface area (Å²) in [5.74, 6) is -4.86. The zero-order chi connectivity index (χ0) is 23.6. The van der Waals surface area contributed by atoms with Crippen molar-refractivity contribution in [3.05, 3.63) is 81.9 Å². The lowest BCUT2D eigenvalue weighted by Crippen LogP contribution is -2.34. The molecule has 3 rings (SSSR count). The fourth-order valence-electron chi connectivity index (χ4n) is 3.63. The lowest BCUT2D eigenvalue weighted by molar-refractivity contribution is -0.143. The monoisotopic (exact) mass is 473 g/mol. The Labute approximate surface area is 185 Å². The van der Waals surface area contributed by atoms with Gasteiger partial charge in [-0.05, 0) is 48.2 Å². The van der Waals surface area contributed by atoms with Gasteiger partial charge in [-0.3, -0.25) is 9.59 Å². The van der Waals surface area contributed by atoms with Crippen molar-refractivity contribution in [2.24, 2.45) is 5.92 Å². The fourth-order valence-corrected chi connectivity index (χ4v) is 3.91. The molecule has 3 atom stereocenters. The summed E-state index contributed by atoms with van der Waals surface area (Å²) in [6, 6.07) is 4.95. The van der Waals surface area contributed by atoms with Crippen LogP contribution in [0.25, 0.3) is 0 Å². The van der Waals surface area contributed by atoms with E-state index in [9.17, 15) is 31.5 Å². The molecule has 2 aromatic rings. The number of hydrogen-bond donors (Lipinski definition) is 1. The second kappa shape index (κ2) is 9.28. The summed E-state index contributed by atoms with van der Waals surface area (Å²) in [5, 5.41) is 2.58. The van der Waals surface area contributed by atoms with Crippen molar-refractivity contribution in [3.8, 4) is 0 Å². The zero-order valence-electron chi connectivity index (χ0n) is 16.6. The number of esters is 1. The molecule has 0 fully saturated rings. The van der Waals surface area contributed by atoms with Crippen LogP contribution in [0, 0.1) is 17.6 Å². The predicted molar refractivity (Wildman–Crippen MR) is 106 cm³/mol. The van der Waals surface area contributed by atoms with Crippen LogP contribution >= 0.6 is 11.6 Å². The van der Waals surface area contributed by atoms with E-state index in [4.69, 9.17) is 16.3 Å². The van der Waals surface area contributed by atoms with Crippen LogP contribution in [0.2, 0.25) is 5.02 Å². The highest BCUT2D eigenvalue weighted by molar-refractivity contribution is 6.31. The minimum absolute atomic E-state index is 0.0345. The Morgan fingerprint density at radius 3 is 2.47 bits per heavy atom. The van der Waals surface area contributed by atoms with E-state index < -0.39 is 53.1 Å². The largest absolute Gasteiger partial charge is 0.469 e. The average Bonchev–Trinajstić information content (AvgIpc) is 3.16. The highest BCUT2D eigenvalue weighted by Gasteiger charge is 2.37. The van der Waals surface area contributed by atoms with Crippen LogP contribution in [0.5, 0.6) is 0 Å². The first kappa shape index (κ1) is 23.7. The predicted octanol–water partition coefficient (Wildman–Crippen LogP) is 5.27. The van der Waals surface area contributed by atoms with Crippen molar-refractivity contribution in [2.75, 3.05) is 7.11 Å². The summed E-state index contributed by atoms with van der Waals surface area (Å²) >= 11 is 6.10. The number of carbonyl (C=O) groups excluding carboxylic acids is 2. The Kier molecular flexibility index (Phi) is 6.88. The molecular formula is C22H17ClF5NO3. The van der Waals surface area contributed by atoms with Crippen molar-refractivity contribution in [2.45, 2.75) is 24.6 Å². The van der Waals surface area contributed by atoms with E-state index in [1.165, 1.54) is 13.2 Å². The molecule has 0 spiro atoms. The molecule has 10 heteroatoms. The van der Waals surface area contributed by atoms with E-state index in [0.29, 0.717) is 17.7 Å². The molecule has 0 bridgehead atoms. The number of benzene rings is 2. The van der Waals surface area contributed by atoms with Crippen LogP contribution in [0.1, 0.15) is 33.8 Å². The summed E-state index contributed by atoms with van der Waals surface area (Å²) in [6.45, 7) is 0. The van der Waals surface area contributed by atoms with Crippen LogP contribution in [0.3, 0.4) is 0 Å². The maximum atomic E-state index is 13.5. The van der Waals surface area contributed by atoms with Crippen LogP contribution in [0.4, 0.5) is 22.0 Å². The molecule has 0 radical (unpaired) electrons. The number of carbonyl (C=O) groups is 2. The Morgan fingerprint density at radius 1 is 1.12 bits per heavy atom. The van der Waals surface area contributed by atoms with Gasteiger partial charge in [-0.15, -0.1) is 0 Å². The van der Waals surface area contributed by atoms with Gasteiger partial charge >= 0.3 is 12.1 Å². The second-order valence-electron chi connectivity index (χ2n) is 7.22. The number of halogens is 6. The fraction of sp³-hybridized carbons (Fsp3) is 0.273. The molecule has 0 aliphatic heterocycles. The Bertz CT molecular complexity index is 1070. The van der Waals surface area contributed by atoms with Gasteiger partial charge in [0.05, 0.1) is 18.6 Å². The van der Waals surface area contributed by atoms with E-state index in [2.05, 4.69) is 5.32 Å². The number of rotatable bonds is 5. The lowest BCUT2D eigenvalue weighted by Gasteiger charge is -2.23. The van der Waals surface area contributed by atoms with Gasteiger partial charge in [-0.1, -0.05) is 29.8 Å². The molecule has 0 aromatic heterocycles. The number of amides is 1. The van der Waals surface area contributed by atoms with Crippen molar-refractivity contribution in [1.82, 2.24) is 5.32 Å². The average molecular weight is 474 g/mol. The quantitative estimate of drug-likeness (QED) is 0.366. The van der Waals surface area contributed by atoms with Crippen LogP contribution in [0.15, 0.2) is 48.6 Å². The third-order valence-electron chi connectivity index (χ3n) is 5.15. The third-order valence-corrected chi connectivity index (χ3v) is 5.48. The van der Waals surface area contributed by atoms with E-state index in [0.717, 1.165) is 18.2 Å². The van der Waals surface area contributed by atoms with Gasteiger partial charge in [0.2, 0.25) is 0 Å². The molecule has 32 heavy (non-hydrogen) atoms. The second-order valence-corrected chi connectivity index (χ2v) is 7.63. The Hall–Kier alpha value is -2.94. The lowest BCUT2D eigenvalue weighted by atomic mass is 9.85. The van der Waals surface area contributed by atoms with Crippen molar-refractivity contribution in [1.29, 1.82) is 0 Å². The summed E-state index contributed by atoms with van der Waals surface area (Å²) in [7, 11) is 1.19. The highest BCUT2D eigenvalue weighted by atomic mass is 35.5.